The van der Waals surface area contributed by atoms with E-state index in [2.05, 4.69) is 22.4 Å². The van der Waals surface area contributed by atoms with Gasteiger partial charge in [0.15, 0.2) is 6.61 Å². The van der Waals surface area contributed by atoms with Crippen molar-refractivity contribution in [3.63, 3.8) is 0 Å². The Bertz CT molecular complexity index is 732. The molecule has 2 rings (SSSR count). The highest BCUT2D eigenvalue weighted by atomic mass is 32.1. The van der Waals surface area contributed by atoms with Crippen molar-refractivity contribution >= 4 is 28.1 Å². The van der Waals surface area contributed by atoms with Gasteiger partial charge in [0.1, 0.15) is 10.8 Å². The number of nitro groups is 1. The van der Waals surface area contributed by atoms with Crippen LogP contribution in [0, 0.1) is 17.0 Å². The molecule has 1 heterocycles. The van der Waals surface area contributed by atoms with Crippen LogP contribution in [0.25, 0.3) is 0 Å². The summed E-state index contributed by atoms with van der Waals surface area (Å²) in [6.45, 7) is 3.51. The van der Waals surface area contributed by atoms with E-state index >= 15 is 0 Å². The lowest BCUT2D eigenvalue weighted by Crippen LogP contribution is -2.20. The summed E-state index contributed by atoms with van der Waals surface area (Å²) in [4.78, 5) is 22.2. The minimum Gasteiger partial charge on any atom is -0.484 e. The lowest BCUT2D eigenvalue weighted by molar-refractivity contribution is -0.385. The molecule has 8 nitrogen and oxygen atoms in total. The molecule has 128 valence electrons. The number of amides is 1. The quantitative estimate of drug-likeness (QED) is 0.579. The first-order valence-electron chi connectivity index (χ1n) is 7.49. The molecular weight excluding hydrogens is 332 g/mol. The van der Waals surface area contributed by atoms with E-state index in [4.69, 9.17) is 4.74 Å². The summed E-state index contributed by atoms with van der Waals surface area (Å²) < 4.78 is 5.35. The Morgan fingerprint density at radius 3 is 2.88 bits per heavy atom. The third-order valence-electron chi connectivity index (χ3n) is 3.19. The van der Waals surface area contributed by atoms with E-state index in [1.165, 1.54) is 29.5 Å². The molecule has 0 aliphatic heterocycles. The van der Waals surface area contributed by atoms with Gasteiger partial charge in [0.25, 0.3) is 11.6 Å². The Kier molecular flexibility index (Phi) is 6.19. The molecule has 1 N–H and O–H groups in total. The Hall–Kier alpha value is -2.55. The van der Waals surface area contributed by atoms with Gasteiger partial charge < -0.3 is 4.74 Å². The average molecular weight is 350 g/mol. The van der Waals surface area contributed by atoms with Gasteiger partial charge in [-0.15, -0.1) is 10.2 Å². The molecule has 0 spiro atoms. The fourth-order valence-electron chi connectivity index (χ4n) is 1.96. The summed E-state index contributed by atoms with van der Waals surface area (Å²) in [6.07, 6.45) is 2.96. The second-order valence-corrected chi connectivity index (χ2v) is 6.21. The van der Waals surface area contributed by atoms with Gasteiger partial charge in [0.2, 0.25) is 5.13 Å². The Labute approximate surface area is 143 Å². The first-order valence-corrected chi connectivity index (χ1v) is 8.31. The van der Waals surface area contributed by atoms with E-state index in [0.717, 1.165) is 24.3 Å². The van der Waals surface area contributed by atoms with Gasteiger partial charge >= 0.3 is 0 Å². The van der Waals surface area contributed by atoms with Gasteiger partial charge in [-0.3, -0.25) is 20.2 Å². The molecule has 0 aliphatic rings. The molecule has 0 saturated heterocycles. The molecule has 0 atom stereocenters. The SMILES string of the molecule is CCCCc1nnc(NC(=O)COc2ccc([N+](=O)[O-])c(C)c2)s1. The summed E-state index contributed by atoms with van der Waals surface area (Å²) in [5.41, 5.74) is 0.489. The molecule has 1 amide bonds. The molecule has 24 heavy (non-hydrogen) atoms. The minimum absolute atomic E-state index is 0.0141. The predicted molar refractivity (Wildman–Crippen MR) is 90.5 cm³/mol. The molecule has 0 radical (unpaired) electrons. The number of benzene rings is 1. The number of carbonyl (C=O) groups excluding carboxylic acids is 1. The highest BCUT2D eigenvalue weighted by Crippen LogP contribution is 2.23. The maximum atomic E-state index is 11.9. The number of aromatic nitrogens is 2. The first kappa shape index (κ1) is 17.8. The van der Waals surface area contributed by atoms with Gasteiger partial charge in [-0.1, -0.05) is 24.7 Å². The topological polar surface area (TPSA) is 107 Å². The van der Waals surface area contributed by atoms with Crippen LogP contribution in [0.5, 0.6) is 5.75 Å². The smallest absolute Gasteiger partial charge is 0.272 e. The van der Waals surface area contributed by atoms with Crippen LogP contribution in [-0.4, -0.2) is 27.6 Å². The first-order chi connectivity index (χ1) is 11.5. The number of unbranched alkanes of at least 4 members (excludes halogenated alkanes) is 1. The Balaban J connectivity index is 1.85. The maximum Gasteiger partial charge on any atom is 0.272 e. The summed E-state index contributed by atoms with van der Waals surface area (Å²) in [7, 11) is 0. The standard InChI is InChI=1S/C15H18N4O4S/c1-3-4-5-14-17-18-15(24-14)16-13(20)9-23-11-6-7-12(19(21)22)10(2)8-11/h6-8H,3-5,9H2,1-2H3,(H,16,18,20). The van der Waals surface area contributed by atoms with E-state index in [0.29, 0.717) is 16.4 Å². The van der Waals surface area contributed by atoms with Crippen molar-refractivity contribution in [3.05, 3.63) is 38.9 Å². The van der Waals surface area contributed by atoms with E-state index in [9.17, 15) is 14.9 Å². The molecule has 0 fully saturated rings. The van der Waals surface area contributed by atoms with Crippen LogP contribution in [-0.2, 0) is 11.2 Å². The number of carbonyl (C=O) groups is 1. The van der Waals surface area contributed by atoms with Crippen LogP contribution in [0.2, 0.25) is 0 Å². The summed E-state index contributed by atoms with van der Waals surface area (Å²) >= 11 is 1.35. The largest absolute Gasteiger partial charge is 0.484 e. The number of anilines is 1. The van der Waals surface area contributed by atoms with Gasteiger partial charge in [-0.25, -0.2) is 0 Å². The highest BCUT2D eigenvalue weighted by Gasteiger charge is 2.12. The monoisotopic (exact) mass is 350 g/mol. The zero-order chi connectivity index (χ0) is 17.5. The van der Waals surface area contributed by atoms with Crippen molar-refractivity contribution in [1.29, 1.82) is 0 Å². The summed E-state index contributed by atoms with van der Waals surface area (Å²) in [6, 6.07) is 4.35. The normalized spacial score (nSPS) is 10.4. The van der Waals surface area contributed by atoms with Crippen molar-refractivity contribution in [2.24, 2.45) is 0 Å². The third kappa shape index (κ3) is 4.98. The van der Waals surface area contributed by atoms with Gasteiger partial charge in [-0.2, -0.15) is 0 Å². The van der Waals surface area contributed by atoms with Crippen LogP contribution < -0.4 is 10.1 Å². The van der Waals surface area contributed by atoms with Crippen LogP contribution in [0.1, 0.15) is 30.3 Å². The molecule has 0 saturated carbocycles. The fraction of sp³-hybridized carbons (Fsp3) is 0.400. The number of hydrogen-bond donors (Lipinski definition) is 1. The number of hydrogen-bond acceptors (Lipinski definition) is 7. The summed E-state index contributed by atoms with van der Waals surface area (Å²) in [5.74, 6) is 0.0401. The van der Waals surface area contributed by atoms with Crippen molar-refractivity contribution < 1.29 is 14.5 Å². The van der Waals surface area contributed by atoms with Crippen molar-refractivity contribution in [2.45, 2.75) is 33.1 Å². The van der Waals surface area contributed by atoms with Gasteiger partial charge in [-0.05, 0) is 25.5 Å². The second-order valence-electron chi connectivity index (χ2n) is 5.15. The lowest BCUT2D eigenvalue weighted by Gasteiger charge is -2.06. The van der Waals surface area contributed by atoms with Gasteiger partial charge in [0, 0.05) is 18.1 Å². The zero-order valence-corrected chi connectivity index (χ0v) is 14.3. The molecule has 0 bridgehead atoms. The number of ether oxygens (including phenoxy) is 1. The van der Waals surface area contributed by atoms with E-state index in [-0.39, 0.29) is 18.2 Å². The van der Waals surface area contributed by atoms with Crippen LogP contribution >= 0.6 is 11.3 Å². The number of nitrogens with zero attached hydrogens (tertiary/aromatic N) is 3. The number of aryl methyl sites for hydroxylation is 2. The zero-order valence-electron chi connectivity index (χ0n) is 13.4. The maximum absolute atomic E-state index is 11.9. The third-order valence-corrected chi connectivity index (χ3v) is 4.09. The van der Waals surface area contributed by atoms with Crippen LogP contribution in [0.3, 0.4) is 0 Å². The van der Waals surface area contributed by atoms with Crippen molar-refractivity contribution in [1.82, 2.24) is 10.2 Å². The van der Waals surface area contributed by atoms with E-state index in [1.807, 2.05) is 0 Å². The molecule has 2 aromatic rings. The van der Waals surface area contributed by atoms with Crippen LogP contribution in [0.4, 0.5) is 10.8 Å². The summed E-state index contributed by atoms with van der Waals surface area (Å²) in [5, 5.41) is 22.6. The molecule has 0 unspecified atom stereocenters. The Morgan fingerprint density at radius 2 is 2.21 bits per heavy atom. The molecule has 1 aromatic heterocycles. The van der Waals surface area contributed by atoms with Crippen molar-refractivity contribution in [3.8, 4) is 5.75 Å². The molecular formula is C15H18N4O4S. The lowest BCUT2D eigenvalue weighted by atomic mass is 10.2. The second kappa shape index (κ2) is 8.34. The fourth-order valence-corrected chi connectivity index (χ4v) is 2.76. The van der Waals surface area contributed by atoms with E-state index in [1.54, 1.807) is 6.92 Å². The highest BCUT2D eigenvalue weighted by molar-refractivity contribution is 7.15. The number of nitrogens with one attached hydrogen (secondary N) is 1. The van der Waals surface area contributed by atoms with Crippen molar-refractivity contribution in [2.75, 3.05) is 11.9 Å². The molecule has 1 aromatic carbocycles. The molecule has 0 aliphatic carbocycles. The molecule has 9 heteroatoms. The number of rotatable bonds is 8. The van der Waals surface area contributed by atoms with Gasteiger partial charge in [0.05, 0.1) is 4.92 Å². The Morgan fingerprint density at radius 1 is 1.42 bits per heavy atom. The van der Waals surface area contributed by atoms with Crippen LogP contribution in [0.15, 0.2) is 18.2 Å². The predicted octanol–water partition coefficient (Wildman–Crippen LogP) is 3.11. The average Bonchev–Trinajstić information content (AvgIpc) is 2.98. The minimum atomic E-state index is -0.461. The van der Waals surface area contributed by atoms with E-state index < -0.39 is 4.92 Å². The number of nitro benzene ring substituents is 1.